The van der Waals surface area contributed by atoms with E-state index in [9.17, 15) is 4.79 Å². The number of carbonyl (C=O) groups excluding carboxylic acids is 1. The molecule has 24 heavy (non-hydrogen) atoms. The van der Waals surface area contributed by atoms with E-state index in [0.717, 1.165) is 8.95 Å². The van der Waals surface area contributed by atoms with Crippen LogP contribution in [0.25, 0.3) is 0 Å². The van der Waals surface area contributed by atoms with Crippen LogP contribution in [0.4, 0.5) is 5.69 Å². The van der Waals surface area contributed by atoms with Gasteiger partial charge in [-0.3, -0.25) is 4.79 Å². The highest BCUT2D eigenvalue weighted by atomic mass is 79.9. The summed E-state index contributed by atoms with van der Waals surface area (Å²) in [6, 6.07) is 8.58. The van der Waals surface area contributed by atoms with Crippen LogP contribution in [0.2, 0.25) is 5.02 Å². The fraction of sp³-hybridized carbons (Fsp3) is 0.188. The van der Waals surface area contributed by atoms with Crippen LogP contribution in [-0.4, -0.2) is 26.7 Å². The molecule has 0 aliphatic heterocycles. The lowest BCUT2D eigenvalue weighted by molar-refractivity contribution is -0.118. The third-order valence-electron chi connectivity index (χ3n) is 3.00. The first-order valence-corrected chi connectivity index (χ1v) is 8.70. The molecule has 0 bridgehead atoms. The Bertz CT molecular complexity index is 755. The third-order valence-corrected chi connectivity index (χ3v) is 4.41. The lowest BCUT2D eigenvalue weighted by atomic mass is 10.2. The molecule has 0 saturated carbocycles. The molecule has 2 rings (SSSR count). The van der Waals surface area contributed by atoms with Crippen molar-refractivity contribution in [1.82, 2.24) is 0 Å². The number of carbonyl (C=O) groups is 1. The quantitative estimate of drug-likeness (QED) is 0.641. The minimum atomic E-state index is -0.343. The molecule has 1 N–H and O–H groups in total. The second-order valence-electron chi connectivity index (χ2n) is 4.60. The molecule has 0 aliphatic carbocycles. The van der Waals surface area contributed by atoms with Crippen molar-refractivity contribution in [3.8, 4) is 17.2 Å². The van der Waals surface area contributed by atoms with Gasteiger partial charge in [-0.25, -0.2) is 0 Å². The van der Waals surface area contributed by atoms with Crippen molar-refractivity contribution in [2.24, 2.45) is 0 Å². The molecule has 0 spiro atoms. The molecule has 0 aliphatic rings. The van der Waals surface area contributed by atoms with Crippen LogP contribution in [0, 0.1) is 0 Å². The van der Waals surface area contributed by atoms with Crippen LogP contribution in [0.5, 0.6) is 17.2 Å². The van der Waals surface area contributed by atoms with E-state index in [1.54, 1.807) is 18.2 Å². The van der Waals surface area contributed by atoms with E-state index in [2.05, 4.69) is 37.2 Å². The average Bonchev–Trinajstić information content (AvgIpc) is 2.54. The maximum Gasteiger partial charge on any atom is 0.262 e. The van der Waals surface area contributed by atoms with Crippen molar-refractivity contribution in [1.29, 1.82) is 0 Å². The van der Waals surface area contributed by atoms with Gasteiger partial charge in [0.25, 0.3) is 5.91 Å². The Labute approximate surface area is 161 Å². The van der Waals surface area contributed by atoms with Gasteiger partial charge in [-0.05, 0) is 40.2 Å². The molecular weight excluding hydrogens is 465 g/mol. The molecular formula is C16H14Br2ClNO4. The molecule has 0 aromatic heterocycles. The van der Waals surface area contributed by atoms with E-state index in [-0.39, 0.29) is 12.5 Å². The Balaban J connectivity index is 2.05. The Hall–Kier alpha value is -1.44. The molecule has 0 saturated heterocycles. The number of halogens is 3. The van der Waals surface area contributed by atoms with Gasteiger partial charge in [-0.15, -0.1) is 0 Å². The van der Waals surface area contributed by atoms with E-state index >= 15 is 0 Å². The van der Waals surface area contributed by atoms with Gasteiger partial charge in [0.15, 0.2) is 6.61 Å². The molecule has 0 heterocycles. The molecule has 5 nitrogen and oxygen atoms in total. The topological polar surface area (TPSA) is 56.8 Å². The van der Waals surface area contributed by atoms with Crippen LogP contribution in [0.1, 0.15) is 0 Å². The van der Waals surface area contributed by atoms with Gasteiger partial charge in [0, 0.05) is 10.5 Å². The lowest BCUT2D eigenvalue weighted by Crippen LogP contribution is -2.20. The molecule has 0 fully saturated rings. The number of amides is 1. The summed E-state index contributed by atoms with van der Waals surface area (Å²) in [7, 11) is 3.00. The summed E-state index contributed by atoms with van der Waals surface area (Å²) in [6.07, 6.45) is 0. The second-order valence-corrected chi connectivity index (χ2v) is 6.78. The predicted octanol–water partition coefficient (Wildman–Crippen LogP) is 4.90. The highest BCUT2D eigenvalue weighted by Crippen LogP contribution is 2.36. The van der Waals surface area contributed by atoms with Crippen molar-refractivity contribution < 1.29 is 19.0 Å². The second kappa shape index (κ2) is 8.60. The Morgan fingerprint density at radius 3 is 2.42 bits per heavy atom. The van der Waals surface area contributed by atoms with Gasteiger partial charge in [-0.1, -0.05) is 27.5 Å². The monoisotopic (exact) mass is 477 g/mol. The fourth-order valence-corrected chi connectivity index (χ4v) is 3.28. The summed E-state index contributed by atoms with van der Waals surface area (Å²) in [6.45, 7) is -0.160. The lowest BCUT2D eigenvalue weighted by Gasteiger charge is -2.13. The fourth-order valence-electron chi connectivity index (χ4n) is 1.88. The summed E-state index contributed by atoms with van der Waals surface area (Å²) in [5.74, 6) is 1.12. The first-order chi connectivity index (χ1) is 11.4. The molecule has 0 unspecified atom stereocenters. The van der Waals surface area contributed by atoms with Crippen LogP contribution in [-0.2, 0) is 4.79 Å². The summed E-state index contributed by atoms with van der Waals surface area (Å²) in [5.41, 5.74) is 0.437. The maximum absolute atomic E-state index is 12.1. The summed E-state index contributed by atoms with van der Waals surface area (Å²) in [5, 5.41) is 3.07. The van der Waals surface area contributed by atoms with E-state index < -0.39 is 0 Å². The molecule has 8 heteroatoms. The predicted molar refractivity (Wildman–Crippen MR) is 101 cm³/mol. The minimum absolute atomic E-state index is 0.160. The van der Waals surface area contributed by atoms with Gasteiger partial charge in [0.1, 0.15) is 17.2 Å². The van der Waals surface area contributed by atoms with Crippen molar-refractivity contribution in [3.63, 3.8) is 0 Å². The molecule has 0 atom stereocenters. The van der Waals surface area contributed by atoms with Crippen molar-refractivity contribution in [2.75, 3.05) is 26.1 Å². The zero-order valence-electron chi connectivity index (χ0n) is 12.9. The molecule has 1 amide bonds. The number of methoxy groups -OCH3 is 2. The van der Waals surface area contributed by atoms with Crippen molar-refractivity contribution in [3.05, 3.63) is 44.3 Å². The highest BCUT2D eigenvalue weighted by molar-refractivity contribution is 9.11. The van der Waals surface area contributed by atoms with Gasteiger partial charge >= 0.3 is 0 Å². The number of hydrogen-bond donors (Lipinski definition) is 1. The van der Waals surface area contributed by atoms with Crippen LogP contribution in [0.3, 0.4) is 0 Å². The van der Waals surface area contributed by atoms with E-state index in [1.807, 2.05) is 12.1 Å². The Morgan fingerprint density at radius 1 is 1.08 bits per heavy atom. The summed E-state index contributed by atoms with van der Waals surface area (Å²) < 4.78 is 17.5. The van der Waals surface area contributed by atoms with E-state index in [1.165, 1.54) is 14.2 Å². The number of hydrogen-bond acceptors (Lipinski definition) is 4. The number of nitrogens with one attached hydrogen (secondary N) is 1. The number of benzene rings is 2. The van der Waals surface area contributed by atoms with Crippen LogP contribution in [0.15, 0.2) is 39.3 Å². The molecule has 128 valence electrons. The molecule has 0 radical (unpaired) electrons. The van der Waals surface area contributed by atoms with Gasteiger partial charge < -0.3 is 19.5 Å². The normalized spacial score (nSPS) is 10.2. The first-order valence-electron chi connectivity index (χ1n) is 6.73. The smallest absolute Gasteiger partial charge is 0.262 e. The number of anilines is 1. The minimum Gasteiger partial charge on any atom is -0.495 e. The Kier molecular flexibility index (Phi) is 6.77. The Morgan fingerprint density at radius 2 is 1.79 bits per heavy atom. The average molecular weight is 480 g/mol. The third kappa shape index (κ3) is 4.78. The van der Waals surface area contributed by atoms with Crippen molar-refractivity contribution in [2.45, 2.75) is 0 Å². The molecule has 2 aromatic carbocycles. The summed E-state index contributed by atoms with van der Waals surface area (Å²) >= 11 is 12.8. The largest absolute Gasteiger partial charge is 0.495 e. The highest BCUT2D eigenvalue weighted by Gasteiger charge is 2.13. The van der Waals surface area contributed by atoms with Gasteiger partial charge in [-0.2, -0.15) is 0 Å². The standard InChI is InChI=1S/C16H14Br2ClNO4/c1-22-14-7-15(23-2)12(6-11(14)19)20-16(21)8-24-13-4-3-9(17)5-10(13)18/h3-7H,8H2,1-2H3,(H,20,21). The number of rotatable bonds is 6. The van der Waals surface area contributed by atoms with Gasteiger partial charge in [0.2, 0.25) is 0 Å². The van der Waals surface area contributed by atoms with Crippen molar-refractivity contribution >= 4 is 55.1 Å². The summed E-state index contributed by atoms with van der Waals surface area (Å²) in [4.78, 5) is 12.1. The van der Waals surface area contributed by atoms with E-state index in [4.69, 9.17) is 25.8 Å². The van der Waals surface area contributed by atoms with Crippen LogP contribution >= 0.6 is 43.5 Å². The zero-order valence-corrected chi connectivity index (χ0v) is 16.8. The SMILES string of the molecule is COc1cc(OC)c(NC(=O)COc2ccc(Br)cc2Br)cc1Cl. The maximum atomic E-state index is 12.1. The first kappa shape index (κ1) is 18.9. The molecule has 2 aromatic rings. The van der Waals surface area contributed by atoms with Gasteiger partial charge in [0.05, 0.1) is 29.4 Å². The zero-order chi connectivity index (χ0) is 17.7. The van der Waals surface area contributed by atoms with Crippen LogP contribution < -0.4 is 19.5 Å². The number of ether oxygens (including phenoxy) is 3. The van der Waals surface area contributed by atoms with E-state index in [0.29, 0.717) is 28.0 Å².